The number of benzene rings is 2. The maximum atomic E-state index is 10.2. The van der Waals surface area contributed by atoms with Crippen molar-refractivity contribution in [2.24, 2.45) is 0 Å². The second-order valence-corrected chi connectivity index (χ2v) is 5.39. The van der Waals surface area contributed by atoms with Crippen LogP contribution in [0.4, 0.5) is 0 Å². The second-order valence-electron chi connectivity index (χ2n) is 4.53. The fourth-order valence-corrected chi connectivity index (χ4v) is 2.69. The molecule has 1 unspecified atom stereocenters. The van der Waals surface area contributed by atoms with Crippen molar-refractivity contribution in [1.82, 2.24) is 0 Å². The summed E-state index contributed by atoms with van der Waals surface area (Å²) in [6.45, 7) is 0. The normalized spacial score (nSPS) is 12.7. The first-order valence-electron chi connectivity index (χ1n) is 6.12. The molecule has 0 bridgehead atoms. The number of aliphatic hydroxyl groups is 1. The van der Waals surface area contributed by atoms with Gasteiger partial charge in [0.15, 0.2) is 0 Å². The quantitative estimate of drug-likeness (QED) is 0.773. The molecule has 0 radical (unpaired) electrons. The summed E-state index contributed by atoms with van der Waals surface area (Å²) in [5, 5.41) is 12.6. The number of fused-ring (bicyclic) bond motifs is 1. The van der Waals surface area contributed by atoms with Crippen molar-refractivity contribution in [1.29, 1.82) is 0 Å². The molecule has 0 spiro atoms. The topological polar surface area (TPSA) is 33.4 Å². The maximum absolute atomic E-state index is 10.2. The molecule has 0 amide bonds. The maximum Gasteiger partial charge on any atom is 0.146 e. The minimum absolute atomic E-state index is 0.539. The summed E-state index contributed by atoms with van der Waals surface area (Å²) in [5.74, 6) is 0.577. The second kappa shape index (κ2) is 5.19. The molecule has 2 aromatic carbocycles. The van der Waals surface area contributed by atoms with E-state index in [-0.39, 0.29) is 0 Å². The van der Waals surface area contributed by atoms with Crippen molar-refractivity contribution >= 4 is 26.7 Å². The highest BCUT2D eigenvalue weighted by atomic mass is 79.9. The molecule has 3 rings (SSSR count). The summed E-state index contributed by atoms with van der Waals surface area (Å²) in [6, 6.07) is 16.2. The minimum atomic E-state index is -0.634. The number of hydrogen-bond donors (Lipinski definition) is 1. The van der Waals surface area contributed by atoms with Crippen LogP contribution in [-0.2, 0) is 6.42 Å². The zero-order valence-electron chi connectivity index (χ0n) is 10.2. The first-order valence-corrected chi connectivity index (χ1v) is 6.92. The SMILES string of the molecule is OC(Cc1ccc2ccccc2c1)c1occc1Br. The molecule has 3 heteroatoms. The van der Waals surface area contributed by atoms with E-state index in [2.05, 4.69) is 40.2 Å². The van der Waals surface area contributed by atoms with Crippen LogP contribution in [0.1, 0.15) is 17.4 Å². The van der Waals surface area contributed by atoms with Gasteiger partial charge < -0.3 is 9.52 Å². The van der Waals surface area contributed by atoms with E-state index in [9.17, 15) is 5.11 Å². The van der Waals surface area contributed by atoms with Gasteiger partial charge in [-0.3, -0.25) is 0 Å². The van der Waals surface area contributed by atoms with Crippen LogP contribution in [0.3, 0.4) is 0 Å². The van der Waals surface area contributed by atoms with Gasteiger partial charge in [0.1, 0.15) is 11.9 Å². The van der Waals surface area contributed by atoms with Crippen molar-refractivity contribution in [3.05, 3.63) is 70.6 Å². The molecule has 1 N–H and O–H groups in total. The van der Waals surface area contributed by atoms with Crippen LogP contribution in [0.15, 0.2) is 63.7 Å². The highest BCUT2D eigenvalue weighted by Gasteiger charge is 2.15. The summed E-state index contributed by atoms with van der Waals surface area (Å²) in [4.78, 5) is 0. The van der Waals surface area contributed by atoms with E-state index in [0.29, 0.717) is 12.2 Å². The third-order valence-electron chi connectivity index (χ3n) is 3.19. The predicted octanol–water partition coefficient (Wildman–Crippen LogP) is 4.47. The molecule has 0 aliphatic heterocycles. The van der Waals surface area contributed by atoms with Gasteiger partial charge in [-0.05, 0) is 38.3 Å². The molecular formula is C16H13BrO2. The minimum Gasteiger partial charge on any atom is -0.465 e. The van der Waals surface area contributed by atoms with E-state index in [4.69, 9.17) is 4.42 Å². The lowest BCUT2D eigenvalue weighted by atomic mass is 10.0. The van der Waals surface area contributed by atoms with E-state index in [1.807, 2.05) is 18.2 Å². The Kier molecular flexibility index (Phi) is 3.40. The smallest absolute Gasteiger partial charge is 0.146 e. The van der Waals surface area contributed by atoms with Crippen LogP contribution in [-0.4, -0.2) is 5.11 Å². The molecule has 1 aromatic heterocycles. The largest absolute Gasteiger partial charge is 0.465 e. The monoisotopic (exact) mass is 316 g/mol. The van der Waals surface area contributed by atoms with Crippen LogP contribution >= 0.6 is 15.9 Å². The third-order valence-corrected chi connectivity index (χ3v) is 3.85. The highest BCUT2D eigenvalue weighted by Crippen LogP contribution is 2.27. The molecule has 0 saturated carbocycles. The molecule has 96 valence electrons. The molecule has 2 nitrogen and oxygen atoms in total. The summed E-state index contributed by atoms with van der Waals surface area (Å²) in [7, 11) is 0. The third kappa shape index (κ3) is 2.57. The lowest BCUT2D eigenvalue weighted by Gasteiger charge is -2.09. The Balaban J connectivity index is 1.87. The van der Waals surface area contributed by atoms with Crippen molar-refractivity contribution in [2.45, 2.75) is 12.5 Å². The van der Waals surface area contributed by atoms with Crippen LogP contribution in [0.5, 0.6) is 0 Å². The molecule has 1 heterocycles. The van der Waals surface area contributed by atoms with Gasteiger partial charge >= 0.3 is 0 Å². The van der Waals surface area contributed by atoms with E-state index >= 15 is 0 Å². The first-order chi connectivity index (χ1) is 9.24. The lowest BCUT2D eigenvalue weighted by molar-refractivity contribution is 0.149. The molecule has 0 aliphatic rings. The summed E-state index contributed by atoms with van der Waals surface area (Å²) < 4.78 is 6.10. The van der Waals surface area contributed by atoms with Gasteiger partial charge in [-0.2, -0.15) is 0 Å². The van der Waals surface area contributed by atoms with E-state index in [1.54, 1.807) is 12.3 Å². The van der Waals surface area contributed by atoms with Gasteiger partial charge in [-0.1, -0.05) is 42.5 Å². The molecule has 0 saturated heterocycles. The Hall–Kier alpha value is -1.58. The van der Waals surface area contributed by atoms with Crippen molar-refractivity contribution in [2.75, 3.05) is 0 Å². The fourth-order valence-electron chi connectivity index (χ4n) is 2.22. The van der Waals surface area contributed by atoms with Crippen LogP contribution in [0.25, 0.3) is 10.8 Å². The van der Waals surface area contributed by atoms with Crippen molar-refractivity contribution in [3.8, 4) is 0 Å². The number of aliphatic hydroxyl groups excluding tert-OH is 1. The summed E-state index contributed by atoms with van der Waals surface area (Å²) in [5.41, 5.74) is 1.09. The van der Waals surface area contributed by atoms with Gasteiger partial charge in [0.25, 0.3) is 0 Å². The molecule has 0 fully saturated rings. The van der Waals surface area contributed by atoms with Gasteiger partial charge in [0, 0.05) is 6.42 Å². The molecular weight excluding hydrogens is 304 g/mol. The Morgan fingerprint density at radius 3 is 2.58 bits per heavy atom. The summed E-state index contributed by atoms with van der Waals surface area (Å²) in [6.07, 6.45) is 1.48. The Bertz CT molecular complexity index is 703. The number of hydrogen-bond acceptors (Lipinski definition) is 2. The summed E-state index contributed by atoms with van der Waals surface area (Å²) >= 11 is 3.37. The first kappa shape index (κ1) is 12.5. The van der Waals surface area contributed by atoms with Crippen molar-refractivity contribution < 1.29 is 9.52 Å². The lowest BCUT2D eigenvalue weighted by Crippen LogP contribution is -2.01. The van der Waals surface area contributed by atoms with Gasteiger partial charge in [0.05, 0.1) is 10.7 Å². The van der Waals surface area contributed by atoms with E-state index in [0.717, 1.165) is 10.0 Å². The molecule has 3 aromatic rings. The van der Waals surface area contributed by atoms with Gasteiger partial charge in [-0.25, -0.2) is 0 Å². The van der Waals surface area contributed by atoms with Crippen LogP contribution in [0, 0.1) is 0 Å². The molecule has 1 atom stereocenters. The average molecular weight is 317 g/mol. The van der Waals surface area contributed by atoms with E-state index < -0.39 is 6.10 Å². The van der Waals surface area contributed by atoms with E-state index in [1.165, 1.54) is 10.8 Å². The number of rotatable bonds is 3. The average Bonchev–Trinajstić information content (AvgIpc) is 2.85. The van der Waals surface area contributed by atoms with Gasteiger partial charge in [0.2, 0.25) is 0 Å². The standard InChI is InChI=1S/C16H13BrO2/c17-14-7-8-19-16(14)15(18)10-11-5-6-12-3-1-2-4-13(12)9-11/h1-9,15,18H,10H2. The zero-order chi connectivity index (χ0) is 13.2. The Labute approximate surface area is 119 Å². The van der Waals surface area contributed by atoms with Crippen LogP contribution < -0.4 is 0 Å². The number of furan rings is 1. The van der Waals surface area contributed by atoms with Crippen LogP contribution in [0.2, 0.25) is 0 Å². The fraction of sp³-hybridized carbons (Fsp3) is 0.125. The molecule has 19 heavy (non-hydrogen) atoms. The van der Waals surface area contributed by atoms with Crippen molar-refractivity contribution in [3.63, 3.8) is 0 Å². The Morgan fingerprint density at radius 2 is 1.84 bits per heavy atom. The highest BCUT2D eigenvalue weighted by molar-refractivity contribution is 9.10. The molecule has 0 aliphatic carbocycles. The van der Waals surface area contributed by atoms with Gasteiger partial charge in [-0.15, -0.1) is 0 Å². The zero-order valence-corrected chi connectivity index (χ0v) is 11.8. The predicted molar refractivity (Wildman–Crippen MR) is 79.0 cm³/mol. The number of halogens is 1. The Morgan fingerprint density at radius 1 is 1.05 bits per heavy atom.